The molecule has 42 heavy (non-hydrogen) atoms. The maximum atomic E-state index is 14.3. The predicted octanol–water partition coefficient (Wildman–Crippen LogP) is 3.88. The average Bonchev–Trinajstić information content (AvgIpc) is 3.44. The van der Waals surface area contributed by atoms with Gasteiger partial charge in [-0.3, -0.25) is 14.7 Å². The quantitative estimate of drug-likeness (QED) is 0.441. The lowest BCUT2D eigenvalue weighted by atomic mass is 9.79. The largest absolute Gasteiger partial charge is 0.469 e. The highest BCUT2D eigenvalue weighted by atomic mass is 19.2. The van der Waals surface area contributed by atoms with E-state index in [1.807, 2.05) is 18.2 Å². The van der Waals surface area contributed by atoms with Crippen LogP contribution in [0, 0.1) is 11.6 Å². The Kier molecular flexibility index (Phi) is 8.55. The molecule has 1 aromatic carbocycles. The molecule has 2 aromatic rings. The topological polar surface area (TPSA) is 124 Å². The Morgan fingerprint density at radius 2 is 1.93 bits per heavy atom. The molecule has 0 radical (unpaired) electrons. The van der Waals surface area contributed by atoms with Crippen LogP contribution >= 0.6 is 0 Å². The normalized spacial score (nSPS) is 26.6. The second kappa shape index (κ2) is 12.1. The molecular weight excluding hydrogens is 548 g/mol. The highest BCUT2D eigenvalue weighted by Gasteiger charge is 2.42. The van der Waals surface area contributed by atoms with Crippen molar-refractivity contribution in [3.05, 3.63) is 76.8 Å². The third-order valence-corrected chi connectivity index (χ3v) is 8.61. The number of likely N-dealkylation sites (tertiary alicyclic amines) is 1. The van der Waals surface area contributed by atoms with Gasteiger partial charge in [-0.15, -0.1) is 0 Å². The lowest BCUT2D eigenvalue weighted by molar-refractivity contribution is -0.140. The molecule has 12 heteroatoms. The van der Waals surface area contributed by atoms with Gasteiger partial charge in [0.15, 0.2) is 11.6 Å². The van der Waals surface area contributed by atoms with Gasteiger partial charge in [-0.25, -0.2) is 23.3 Å². The summed E-state index contributed by atoms with van der Waals surface area (Å²) < 4.78 is 32.9. The molecule has 5 rings (SSSR count). The third-order valence-electron chi connectivity index (χ3n) is 8.61. The van der Waals surface area contributed by atoms with E-state index in [9.17, 15) is 28.3 Å². The van der Waals surface area contributed by atoms with Crippen molar-refractivity contribution in [2.75, 3.05) is 20.2 Å². The molecule has 0 spiro atoms. The van der Waals surface area contributed by atoms with Gasteiger partial charge in [-0.1, -0.05) is 12.1 Å². The number of pyridine rings is 1. The fourth-order valence-electron chi connectivity index (χ4n) is 6.30. The monoisotopic (exact) mass is 583 g/mol. The Labute approximate surface area is 242 Å². The van der Waals surface area contributed by atoms with E-state index in [1.165, 1.54) is 13.2 Å². The van der Waals surface area contributed by atoms with Crippen LogP contribution in [0.4, 0.5) is 18.4 Å². The number of ether oxygens (including phenoxy) is 1. The van der Waals surface area contributed by atoms with E-state index in [2.05, 4.69) is 20.5 Å². The van der Waals surface area contributed by atoms with E-state index in [0.29, 0.717) is 42.8 Å². The number of urea groups is 2. The van der Waals surface area contributed by atoms with Gasteiger partial charge in [0.1, 0.15) is 5.60 Å². The molecule has 1 saturated carbocycles. The Hall–Kier alpha value is -3.90. The number of carbonyl (C=O) groups is 3. The molecule has 3 N–H and O–H groups in total. The number of carbonyl (C=O) groups excluding carboxylic acids is 3. The number of amides is 4. The first-order valence-electron chi connectivity index (χ1n) is 14.1. The molecule has 1 saturated heterocycles. The van der Waals surface area contributed by atoms with Crippen molar-refractivity contribution in [3.63, 3.8) is 0 Å². The Morgan fingerprint density at radius 3 is 2.60 bits per heavy atom. The summed E-state index contributed by atoms with van der Waals surface area (Å²) in [6.45, 7) is 2.88. The number of hydrogen-bond donors (Lipinski definition) is 3. The molecule has 3 aliphatic rings. The van der Waals surface area contributed by atoms with Crippen LogP contribution in [0.1, 0.15) is 62.7 Å². The zero-order chi connectivity index (χ0) is 30.0. The third kappa shape index (κ3) is 6.00. The van der Waals surface area contributed by atoms with Crippen molar-refractivity contribution < 1.29 is 33.0 Å². The number of imide groups is 1. The van der Waals surface area contributed by atoms with Gasteiger partial charge in [0, 0.05) is 37.1 Å². The first-order valence-corrected chi connectivity index (χ1v) is 14.1. The first-order chi connectivity index (χ1) is 20.1. The molecule has 0 bridgehead atoms. The second-order valence-electron chi connectivity index (χ2n) is 11.2. The van der Waals surface area contributed by atoms with Crippen LogP contribution in [0.5, 0.6) is 0 Å². The van der Waals surface area contributed by atoms with Crippen molar-refractivity contribution in [2.24, 2.45) is 0 Å². The number of benzene rings is 1. The molecule has 2 fully saturated rings. The number of methoxy groups -OCH3 is 1. The summed E-state index contributed by atoms with van der Waals surface area (Å²) in [5.74, 6) is -2.82. The van der Waals surface area contributed by atoms with Crippen molar-refractivity contribution >= 4 is 18.0 Å². The maximum absolute atomic E-state index is 14.3. The van der Waals surface area contributed by atoms with Crippen molar-refractivity contribution in [1.82, 2.24) is 25.4 Å². The Morgan fingerprint density at radius 1 is 1.17 bits per heavy atom. The minimum Gasteiger partial charge on any atom is -0.469 e. The van der Waals surface area contributed by atoms with Crippen LogP contribution in [-0.2, 0) is 15.1 Å². The molecule has 1 aromatic heterocycles. The van der Waals surface area contributed by atoms with Crippen LogP contribution in [-0.4, -0.2) is 70.2 Å². The summed E-state index contributed by atoms with van der Waals surface area (Å²) in [6, 6.07) is 6.05. The van der Waals surface area contributed by atoms with Crippen LogP contribution in [0.25, 0.3) is 0 Å². The zero-order valence-corrected chi connectivity index (χ0v) is 23.6. The van der Waals surface area contributed by atoms with Gasteiger partial charge >= 0.3 is 18.0 Å². The fourth-order valence-corrected chi connectivity index (χ4v) is 6.30. The van der Waals surface area contributed by atoms with Gasteiger partial charge in [0.2, 0.25) is 0 Å². The van der Waals surface area contributed by atoms with Crippen LogP contribution in [0.15, 0.2) is 53.9 Å². The summed E-state index contributed by atoms with van der Waals surface area (Å²) in [5.41, 5.74) is 0.543. The smallest absolute Gasteiger partial charge is 0.330 e. The van der Waals surface area contributed by atoms with Crippen LogP contribution in [0.2, 0.25) is 0 Å². The summed E-state index contributed by atoms with van der Waals surface area (Å²) in [6.07, 6.45) is 4.80. The van der Waals surface area contributed by atoms with Gasteiger partial charge in [-0.2, -0.15) is 0 Å². The molecule has 224 valence electrons. The van der Waals surface area contributed by atoms with Gasteiger partial charge in [0.05, 0.1) is 25.3 Å². The zero-order valence-electron chi connectivity index (χ0n) is 23.6. The number of aliphatic hydroxyl groups is 1. The number of allylic oxidation sites excluding steroid dienone is 1. The summed E-state index contributed by atoms with van der Waals surface area (Å²) in [5, 5.41) is 16.7. The number of hydrogen-bond acceptors (Lipinski definition) is 7. The van der Waals surface area contributed by atoms with E-state index in [1.54, 1.807) is 13.1 Å². The number of halogens is 2. The van der Waals surface area contributed by atoms with Gasteiger partial charge in [0.25, 0.3) is 0 Å². The highest BCUT2D eigenvalue weighted by molar-refractivity contribution is 5.97. The number of nitrogens with zero attached hydrogens (tertiary/aromatic N) is 3. The molecule has 1 aliphatic carbocycles. The highest BCUT2D eigenvalue weighted by Crippen LogP contribution is 2.39. The van der Waals surface area contributed by atoms with E-state index >= 15 is 0 Å². The standard InChI is InChI=1S/C30H35F2N5O5/c1-18-22(16-26(38)42-2)27(19-6-7-23(31)24(32)15-19)37(28(39)34-18)29(40)35-20-10-14-36(17-20)21-8-11-30(41,12-9-21)25-5-3-4-13-33-25/h3-7,13,15,20-21,27,41H,8-12,14,16-17H2,1-2H3,(H,34,39)(H,35,40)/t20?,21?,27-,30?/m0/s1. The molecule has 3 heterocycles. The SMILES string of the molecule is COC(=O)CC1=C(C)NC(=O)N(C(=O)NC2CCN(C3CCC(O)(c4ccccn4)CC3)C2)[C@H]1c1ccc(F)c(F)c1. The van der Waals surface area contributed by atoms with E-state index < -0.39 is 41.3 Å². The van der Waals surface area contributed by atoms with Gasteiger partial charge < -0.3 is 20.5 Å². The number of nitrogens with one attached hydrogen (secondary N) is 2. The van der Waals surface area contributed by atoms with E-state index in [4.69, 9.17) is 4.74 Å². The molecule has 2 aliphatic heterocycles. The molecule has 1 unspecified atom stereocenters. The number of rotatable bonds is 6. The predicted molar refractivity (Wildman–Crippen MR) is 148 cm³/mol. The Bertz CT molecular complexity index is 1380. The summed E-state index contributed by atoms with van der Waals surface area (Å²) in [4.78, 5) is 46.5. The number of esters is 1. The second-order valence-corrected chi connectivity index (χ2v) is 11.2. The minimum absolute atomic E-state index is 0.146. The maximum Gasteiger partial charge on any atom is 0.330 e. The van der Waals surface area contributed by atoms with Crippen LogP contribution < -0.4 is 10.6 Å². The lowest BCUT2D eigenvalue weighted by Crippen LogP contribution is -2.55. The van der Waals surface area contributed by atoms with Crippen LogP contribution in [0.3, 0.4) is 0 Å². The van der Waals surface area contributed by atoms with Gasteiger partial charge in [-0.05, 0) is 74.4 Å². The molecule has 2 atom stereocenters. The summed E-state index contributed by atoms with van der Waals surface area (Å²) in [7, 11) is 1.22. The summed E-state index contributed by atoms with van der Waals surface area (Å²) >= 11 is 0. The van der Waals surface area contributed by atoms with E-state index in [-0.39, 0.29) is 24.1 Å². The van der Waals surface area contributed by atoms with Crippen molar-refractivity contribution in [1.29, 1.82) is 0 Å². The van der Waals surface area contributed by atoms with Crippen molar-refractivity contribution in [2.45, 2.75) is 69.2 Å². The molecule has 10 nitrogen and oxygen atoms in total. The molecule has 4 amide bonds. The fraction of sp³-hybridized carbons (Fsp3) is 0.467. The van der Waals surface area contributed by atoms with Crippen molar-refractivity contribution in [3.8, 4) is 0 Å². The number of aromatic nitrogens is 1. The minimum atomic E-state index is -1.15. The van der Waals surface area contributed by atoms with E-state index in [0.717, 1.165) is 36.4 Å². The average molecular weight is 584 g/mol. The molecular formula is C30H35F2N5O5. The first kappa shape index (κ1) is 29.6. The Balaban J connectivity index is 1.29. The lowest BCUT2D eigenvalue weighted by Gasteiger charge is -2.39.